The van der Waals surface area contributed by atoms with Gasteiger partial charge >= 0.3 is 0 Å². The zero-order valence-electron chi connectivity index (χ0n) is 14.2. The van der Waals surface area contributed by atoms with Crippen molar-refractivity contribution < 1.29 is 17.6 Å². The molecule has 1 aromatic carbocycles. The fraction of sp³-hybridized carbons (Fsp3) is 0.389. The number of hydrogen-bond donors (Lipinski definition) is 1. The highest BCUT2D eigenvalue weighted by Gasteiger charge is 2.14. The summed E-state index contributed by atoms with van der Waals surface area (Å²) in [5.41, 5.74) is 6.52. The fourth-order valence-electron chi connectivity index (χ4n) is 2.54. The molecule has 0 fully saturated rings. The molecule has 2 N–H and O–H groups in total. The number of halogens is 4. The van der Waals surface area contributed by atoms with Gasteiger partial charge in [-0.25, -0.2) is 22.5 Å². The number of benzene rings is 1. The third kappa shape index (κ3) is 5.42. The molecule has 0 unspecified atom stereocenters. The molecule has 1 heterocycles. The molecular formula is C18H21F4N3. The number of aromatic nitrogens is 1. The molecule has 7 heteroatoms. The molecule has 0 saturated heterocycles. The van der Waals surface area contributed by atoms with Crippen LogP contribution in [-0.2, 0) is 19.3 Å². The van der Waals surface area contributed by atoms with Crippen LogP contribution in [-0.4, -0.2) is 30.5 Å². The minimum absolute atomic E-state index is 0.0146. The van der Waals surface area contributed by atoms with Crippen LogP contribution in [0.4, 0.5) is 23.4 Å². The molecule has 0 atom stereocenters. The topological polar surface area (TPSA) is 42.1 Å². The molecule has 0 bridgehead atoms. The number of nitrogens with two attached hydrogens (primary N) is 1. The summed E-state index contributed by atoms with van der Waals surface area (Å²) in [7, 11) is 3.79. The summed E-state index contributed by atoms with van der Waals surface area (Å²) in [6, 6.07) is 5.15. The van der Waals surface area contributed by atoms with E-state index in [2.05, 4.69) is 4.98 Å². The van der Waals surface area contributed by atoms with Crippen molar-refractivity contribution in [3.05, 3.63) is 58.3 Å². The lowest BCUT2D eigenvalue weighted by atomic mass is 10.0. The van der Waals surface area contributed by atoms with Gasteiger partial charge in [0, 0.05) is 17.8 Å². The highest BCUT2D eigenvalue weighted by molar-refractivity contribution is 5.36. The number of likely N-dealkylation sites (N-methyl/N-ethyl adjacent to an activating group) is 1. The maximum absolute atomic E-state index is 14.0. The minimum Gasteiger partial charge on any atom is -0.384 e. The van der Waals surface area contributed by atoms with Gasteiger partial charge in [0.25, 0.3) is 6.43 Å². The van der Waals surface area contributed by atoms with Crippen molar-refractivity contribution in [1.29, 1.82) is 0 Å². The van der Waals surface area contributed by atoms with Crippen LogP contribution < -0.4 is 5.73 Å². The normalized spacial score (nSPS) is 11.5. The van der Waals surface area contributed by atoms with Gasteiger partial charge in [-0.15, -0.1) is 0 Å². The van der Waals surface area contributed by atoms with Crippen LogP contribution in [0.1, 0.15) is 28.8 Å². The highest BCUT2D eigenvalue weighted by Crippen LogP contribution is 2.22. The first-order valence-corrected chi connectivity index (χ1v) is 7.92. The Balaban J connectivity index is 2.17. The van der Waals surface area contributed by atoms with Gasteiger partial charge in [-0.05, 0) is 62.7 Å². The highest BCUT2D eigenvalue weighted by atomic mass is 19.3. The summed E-state index contributed by atoms with van der Waals surface area (Å²) in [6.07, 6.45) is -1.73. The van der Waals surface area contributed by atoms with Crippen LogP contribution in [0.25, 0.3) is 0 Å². The Morgan fingerprint density at radius 2 is 1.76 bits per heavy atom. The van der Waals surface area contributed by atoms with Crippen molar-refractivity contribution in [2.45, 2.75) is 25.7 Å². The Bertz CT molecular complexity index is 733. The Morgan fingerprint density at radius 1 is 1.04 bits per heavy atom. The first-order valence-electron chi connectivity index (χ1n) is 7.92. The Kier molecular flexibility index (Phi) is 6.36. The van der Waals surface area contributed by atoms with Gasteiger partial charge in [-0.3, -0.25) is 0 Å². The van der Waals surface area contributed by atoms with E-state index >= 15 is 0 Å². The number of aryl methyl sites for hydroxylation is 2. The molecule has 0 aliphatic carbocycles. The van der Waals surface area contributed by atoms with Gasteiger partial charge in [-0.2, -0.15) is 0 Å². The van der Waals surface area contributed by atoms with Crippen molar-refractivity contribution in [3.8, 4) is 0 Å². The van der Waals surface area contributed by atoms with E-state index in [4.69, 9.17) is 5.73 Å². The molecule has 3 nitrogen and oxygen atoms in total. The fourth-order valence-corrected chi connectivity index (χ4v) is 2.54. The van der Waals surface area contributed by atoms with E-state index in [0.717, 1.165) is 6.07 Å². The largest absolute Gasteiger partial charge is 0.384 e. The number of anilines is 1. The first kappa shape index (κ1) is 19.2. The Labute approximate surface area is 144 Å². The van der Waals surface area contributed by atoms with E-state index in [0.29, 0.717) is 24.2 Å². The van der Waals surface area contributed by atoms with Crippen LogP contribution in [0.3, 0.4) is 0 Å². The second kappa shape index (κ2) is 8.29. The van der Waals surface area contributed by atoms with Crippen molar-refractivity contribution in [2.24, 2.45) is 0 Å². The SMILES string of the molecule is CN(C)CCc1cc(F)c(F)c(CCc2cc(C(F)F)cc(N)n2)c1. The molecular weight excluding hydrogens is 334 g/mol. The molecule has 25 heavy (non-hydrogen) atoms. The molecule has 136 valence electrons. The predicted molar refractivity (Wildman–Crippen MR) is 89.6 cm³/mol. The zero-order chi connectivity index (χ0) is 18.6. The number of nitrogen functional groups attached to an aromatic ring is 1. The smallest absolute Gasteiger partial charge is 0.264 e. The second-order valence-corrected chi connectivity index (χ2v) is 6.22. The molecule has 1 aromatic heterocycles. The summed E-state index contributed by atoms with van der Waals surface area (Å²) >= 11 is 0. The van der Waals surface area contributed by atoms with Gasteiger partial charge in [0.1, 0.15) is 5.82 Å². The minimum atomic E-state index is -2.66. The number of nitrogens with zero attached hydrogens (tertiary/aromatic N) is 2. The molecule has 0 aliphatic rings. The monoisotopic (exact) mass is 355 g/mol. The summed E-state index contributed by atoms with van der Waals surface area (Å²) in [6.45, 7) is 0.707. The maximum Gasteiger partial charge on any atom is 0.264 e. The standard InChI is InChI=1S/C18H21F4N3/c1-25(2)6-5-11-7-12(17(20)15(19)8-11)3-4-14-9-13(18(21)22)10-16(23)24-14/h7-10,18H,3-6H2,1-2H3,(H2,23,24). The maximum atomic E-state index is 14.0. The lowest BCUT2D eigenvalue weighted by Crippen LogP contribution is -2.15. The summed E-state index contributed by atoms with van der Waals surface area (Å²) < 4.78 is 53.4. The molecule has 0 saturated carbocycles. The van der Waals surface area contributed by atoms with E-state index in [1.807, 2.05) is 19.0 Å². The van der Waals surface area contributed by atoms with E-state index in [-0.39, 0.29) is 29.8 Å². The van der Waals surface area contributed by atoms with Gasteiger partial charge in [0.05, 0.1) is 0 Å². The molecule has 0 amide bonds. The van der Waals surface area contributed by atoms with Gasteiger partial charge < -0.3 is 10.6 Å². The summed E-state index contributed by atoms with van der Waals surface area (Å²) in [5, 5.41) is 0. The quantitative estimate of drug-likeness (QED) is 0.769. The van der Waals surface area contributed by atoms with Crippen LogP contribution >= 0.6 is 0 Å². The molecule has 0 radical (unpaired) electrons. The number of rotatable bonds is 7. The van der Waals surface area contributed by atoms with Gasteiger partial charge in [0.15, 0.2) is 11.6 Å². The summed E-state index contributed by atoms with van der Waals surface area (Å²) in [5.74, 6) is -1.83. The van der Waals surface area contributed by atoms with Crippen LogP contribution in [0.2, 0.25) is 0 Å². The van der Waals surface area contributed by atoms with E-state index in [1.54, 1.807) is 6.07 Å². The van der Waals surface area contributed by atoms with Crippen molar-refractivity contribution in [3.63, 3.8) is 0 Å². The average Bonchev–Trinajstić information content (AvgIpc) is 2.54. The molecule has 2 rings (SSSR count). The average molecular weight is 355 g/mol. The van der Waals surface area contributed by atoms with Crippen molar-refractivity contribution >= 4 is 5.82 Å². The lowest BCUT2D eigenvalue weighted by molar-refractivity contribution is 0.151. The summed E-state index contributed by atoms with van der Waals surface area (Å²) in [4.78, 5) is 5.93. The third-order valence-corrected chi connectivity index (χ3v) is 3.83. The number of alkyl halides is 2. The second-order valence-electron chi connectivity index (χ2n) is 6.22. The van der Waals surface area contributed by atoms with E-state index in [9.17, 15) is 17.6 Å². The first-order chi connectivity index (χ1) is 11.8. The van der Waals surface area contributed by atoms with Crippen molar-refractivity contribution in [2.75, 3.05) is 26.4 Å². The molecule has 0 aliphatic heterocycles. The Morgan fingerprint density at radius 3 is 2.40 bits per heavy atom. The predicted octanol–water partition coefficient (Wildman–Crippen LogP) is 3.77. The van der Waals surface area contributed by atoms with E-state index in [1.165, 1.54) is 12.1 Å². The molecule has 2 aromatic rings. The van der Waals surface area contributed by atoms with Crippen LogP contribution in [0.15, 0.2) is 24.3 Å². The van der Waals surface area contributed by atoms with E-state index < -0.39 is 18.1 Å². The molecule has 0 spiro atoms. The van der Waals surface area contributed by atoms with Gasteiger partial charge in [0.2, 0.25) is 0 Å². The lowest BCUT2D eigenvalue weighted by Gasteiger charge is -2.12. The zero-order valence-corrected chi connectivity index (χ0v) is 14.2. The number of pyridine rings is 1. The van der Waals surface area contributed by atoms with Gasteiger partial charge in [-0.1, -0.05) is 6.07 Å². The van der Waals surface area contributed by atoms with Crippen molar-refractivity contribution in [1.82, 2.24) is 9.88 Å². The van der Waals surface area contributed by atoms with Crippen LogP contribution in [0, 0.1) is 11.6 Å². The number of hydrogen-bond acceptors (Lipinski definition) is 3. The Hall–Kier alpha value is -2.15. The van der Waals surface area contributed by atoms with Crippen LogP contribution in [0.5, 0.6) is 0 Å². The third-order valence-electron chi connectivity index (χ3n) is 3.83.